The Balaban J connectivity index is 1.81. The van der Waals surface area contributed by atoms with E-state index < -0.39 is 5.97 Å². The Labute approximate surface area is 163 Å². The number of halogens is 1. The topological polar surface area (TPSA) is 57.1 Å². The number of aliphatic imine (C=N–C) groups is 1. The van der Waals surface area contributed by atoms with Crippen LogP contribution in [0.4, 0.5) is 0 Å². The molecule has 140 valence electrons. The van der Waals surface area contributed by atoms with Crippen LogP contribution >= 0.6 is 11.6 Å². The molecule has 0 bridgehead atoms. The molecule has 0 saturated carbocycles. The lowest BCUT2D eigenvalue weighted by Crippen LogP contribution is -2.07. The smallest absolute Gasteiger partial charge is 0.363 e. The molecule has 0 fully saturated rings. The van der Waals surface area contributed by atoms with Gasteiger partial charge in [0.25, 0.3) is 0 Å². The van der Waals surface area contributed by atoms with E-state index in [9.17, 15) is 4.79 Å². The molecule has 5 nitrogen and oxygen atoms in total. The molecule has 0 atom stereocenters. The molecule has 3 rings (SSSR count). The molecule has 1 aliphatic rings. The summed E-state index contributed by atoms with van der Waals surface area (Å²) in [7, 11) is 1.53. The van der Waals surface area contributed by atoms with E-state index in [-0.39, 0.29) is 11.6 Å². The summed E-state index contributed by atoms with van der Waals surface area (Å²) < 4.78 is 16.2. The number of carbonyl (C=O) groups excluding carboxylic acids is 1. The van der Waals surface area contributed by atoms with Crippen LogP contribution in [0.1, 0.15) is 30.9 Å². The van der Waals surface area contributed by atoms with Crippen LogP contribution in [-0.4, -0.2) is 25.6 Å². The number of hydrogen-bond acceptors (Lipinski definition) is 5. The number of ether oxygens (including phenoxy) is 3. The second kappa shape index (κ2) is 8.73. The van der Waals surface area contributed by atoms with E-state index >= 15 is 0 Å². The lowest BCUT2D eigenvalue weighted by molar-refractivity contribution is -0.129. The Morgan fingerprint density at radius 2 is 1.96 bits per heavy atom. The van der Waals surface area contributed by atoms with Crippen molar-refractivity contribution >= 4 is 29.5 Å². The minimum Gasteiger partial charge on any atom is -0.496 e. The van der Waals surface area contributed by atoms with E-state index in [4.69, 9.17) is 25.8 Å². The molecule has 2 aromatic rings. The summed E-state index contributed by atoms with van der Waals surface area (Å²) in [6, 6.07) is 12.5. The van der Waals surface area contributed by atoms with Gasteiger partial charge in [-0.1, -0.05) is 37.1 Å². The first-order valence-electron chi connectivity index (χ1n) is 8.70. The van der Waals surface area contributed by atoms with E-state index in [2.05, 4.69) is 11.9 Å². The first-order valence-corrected chi connectivity index (χ1v) is 9.08. The van der Waals surface area contributed by atoms with Crippen molar-refractivity contribution in [3.63, 3.8) is 0 Å². The quantitative estimate of drug-likeness (QED) is 0.387. The number of rotatable bonds is 7. The van der Waals surface area contributed by atoms with E-state index in [1.807, 2.05) is 24.3 Å². The maximum atomic E-state index is 12.2. The third kappa shape index (κ3) is 4.68. The number of nitrogens with zero attached hydrogens (tertiary/aromatic N) is 1. The number of unbranched alkanes of at least 4 members (excludes halogenated alkanes) is 1. The predicted octanol–water partition coefficient (Wildman–Crippen LogP) is 4.87. The number of cyclic esters (lactones) is 1. The van der Waals surface area contributed by atoms with Crippen LogP contribution < -0.4 is 9.47 Å². The molecule has 6 heteroatoms. The average molecular weight is 386 g/mol. The Bertz CT molecular complexity index is 888. The van der Waals surface area contributed by atoms with Crippen molar-refractivity contribution in [3.8, 4) is 11.5 Å². The molecule has 0 radical (unpaired) electrons. The lowest BCUT2D eigenvalue weighted by Gasteiger charge is -2.07. The second-order valence-electron chi connectivity index (χ2n) is 5.95. The maximum absolute atomic E-state index is 12.2. The Kier molecular flexibility index (Phi) is 6.14. The first-order chi connectivity index (χ1) is 13.1. The number of benzene rings is 2. The molecule has 2 aromatic carbocycles. The molecular weight excluding hydrogens is 366 g/mol. The standard InChI is InChI=1S/C21H20ClNO4/c1-3-4-11-26-16-8-5-14(6-9-16)12-18-21(24)27-20(23-18)17-13-15(22)7-10-19(17)25-2/h5-10,12-13H,3-4,11H2,1-2H3/b18-12+. The molecule has 0 amide bonds. The SMILES string of the molecule is CCCCOc1ccc(/C=C2/N=C(c3cc(Cl)ccc3OC)OC2=O)cc1. The summed E-state index contributed by atoms with van der Waals surface area (Å²) in [5, 5.41) is 0.501. The van der Waals surface area contributed by atoms with Gasteiger partial charge >= 0.3 is 5.97 Å². The van der Waals surface area contributed by atoms with Gasteiger partial charge in [-0.15, -0.1) is 0 Å². The molecule has 0 aliphatic carbocycles. The zero-order valence-electron chi connectivity index (χ0n) is 15.2. The highest BCUT2D eigenvalue weighted by Gasteiger charge is 2.26. The number of esters is 1. The summed E-state index contributed by atoms with van der Waals surface area (Å²) in [4.78, 5) is 16.5. The van der Waals surface area contributed by atoms with E-state index in [0.29, 0.717) is 22.9 Å². The Morgan fingerprint density at radius 1 is 1.19 bits per heavy atom. The number of carbonyl (C=O) groups is 1. The molecule has 0 spiro atoms. The largest absolute Gasteiger partial charge is 0.496 e. The van der Waals surface area contributed by atoms with Crippen molar-refractivity contribution in [1.29, 1.82) is 0 Å². The predicted molar refractivity (Wildman–Crippen MR) is 105 cm³/mol. The molecule has 27 heavy (non-hydrogen) atoms. The fraction of sp³-hybridized carbons (Fsp3) is 0.238. The van der Waals surface area contributed by atoms with Gasteiger partial charge in [-0.3, -0.25) is 0 Å². The van der Waals surface area contributed by atoms with Crippen molar-refractivity contribution in [2.75, 3.05) is 13.7 Å². The first kappa shape index (κ1) is 19.0. The normalized spacial score (nSPS) is 14.9. The van der Waals surface area contributed by atoms with E-state index in [1.54, 1.807) is 24.3 Å². The monoisotopic (exact) mass is 385 g/mol. The third-order valence-electron chi connectivity index (χ3n) is 3.96. The molecule has 1 aliphatic heterocycles. The zero-order chi connectivity index (χ0) is 19.2. The summed E-state index contributed by atoms with van der Waals surface area (Å²) in [6.07, 6.45) is 3.77. The molecule has 0 saturated heterocycles. The molecular formula is C21H20ClNO4. The highest BCUT2D eigenvalue weighted by molar-refractivity contribution is 6.31. The summed E-state index contributed by atoms with van der Waals surface area (Å²) in [5.74, 6) is 0.980. The average Bonchev–Trinajstić information content (AvgIpc) is 3.03. The summed E-state index contributed by atoms with van der Waals surface area (Å²) in [6.45, 7) is 2.81. The van der Waals surface area contributed by atoms with Gasteiger partial charge in [-0.25, -0.2) is 9.79 Å². The molecule has 0 N–H and O–H groups in total. The van der Waals surface area contributed by atoms with Gasteiger partial charge in [0, 0.05) is 5.02 Å². The van der Waals surface area contributed by atoms with Gasteiger partial charge < -0.3 is 14.2 Å². The lowest BCUT2D eigenvalue weighted by atomic mass is 10.2. The summed E-state index contributed by atoms with van der Waals surface area (Å²) in [5.41, 5.74) is 1.57. The van der Waals surface area contributed by atoms with Crippen LogP contribution in [0, 0.1) is 0 Å². The van der Waals surface area contributed by atoms with Crippen molar-refractivity contribution in [2.45, 2.75) is 19.8 Å². The van der Waals surface area contributed by atoms with Crippen LogP contribution in [0.15, 0.2) is 53.2 Å². The highest BCUT2D eigenvalue weighted by Crippen LogP contribution is 2.28. The van der Waals surface area contributed by atoms with E-state index in [1.165, 1.54) is 7.11 Å². The van der Waals surface area contributed by atoms with Crippen LogP contribution in [0.3, 0.4) is 0 Å². The molecule has 0 aromatic heterocycles. The molecule has 1 heterocycles. The van der Waals surface area contributed by atoms with Crippen molar-refractivity contribution in [3.05, 3.63) is 64.3 Å². The Morgan fingerprint density at radius 3 is 2.67 bits per heavy atom. The van der Waals surface area contributed by atoms with Gasteiger partial charge in [0.1, 0.15) is 11.5 Å². The Hall–Kier alpha value is -2.79. The minimum atomic E-state index is -0.518. The fourth-order valence-electron chi connectivity index (χ4n) is 2.52. The maximum Gasteiger partial charge on any atom is 0.363 e. The van der Waals surface area contributed by atoms with Crippen molar-refractivity contribution in [1.82, 2.24) is 0 Å². The molecule has 0 unspecified atom stereocenters. The number of methoxy groups -OCH3 is 1. The van der Waals surface area contributed by atoms with Crippen LogP contribution in [0.5, 0.6) is 11.5 Å². The number of hydrogen-bond donors (Lipinski definition) is 0. The van der Waals surface area contributed by atoms with Gasteiger partial charge in [0.15, 0.2) is 5.70 Å². The van der Waals surface area contributed by atoms with Crippen molar-refractivity contribution < 1.29 is 19.0 Å². The van der Waals surface area contributed by atoms with Gasteiger partial charge in [0.2, 0.25) is 5.90 Å². The van der Waals surface area contributed by atoms with Crippen LogP contribution in [0.2, 0.25) is 5.02 Å². The van der Waals surface area contributed by atoms with Crippen molar-refractivity contribution in [2.24, 2.45) is 4.99 Å². The minimum absolute atomic E-state index is 0.171. The van der Waals surface area contributed by atoms with E-state index in [0.717, 1.165) is 24.2 Å². The highest BCUT2D eigenvalue weighted by atomic mass is 35.5. The van der Waals surface area contributed by atoms with Crippen LogP contribution in [0.25, 0.3) is 6.08 Å². The zero-order valence-corrected chi connectivity index (χ0v) is 16.0. The third-order valence-corrected chi connectivity index (χ3v) is 4.20. The van der Waals surface area contributed by atoms with Gasteiger partial charge in [-0.2, -0.15) is 0 Å². The van der Waals surface area contributed by atoms with Gasteiger partial charge in [0.05, 0.1) is 19.3 Å². The second-order valence-corrected chi connectivity index (χ2v) is 6.39. The van der Waals surface area contributed by atoms with Crippen LogP contribution in [-0.2, 0) is 9.53 Å². The van der Waals surface area contributed by atoms with Gasteiger partial charge in [-0.05, 0) is 48.4 Å². The summed E-state index contributed by atoms with van der Waals surface area (Å²) >= 11 is 6.04. The fourth-order valence-corrected chi connectivity index (χ4v) is 2.70.